The molecular formula is C23H23N3O2S. The molecule has 0 radical (unpaired) electrons. The quantitative estimate of drug-likeness (QED) is 0.536. The molecule has 0 spiro atoms. The molecule has 3 rings (SSSR count). The number of carbonyl (C=O) groups is 1. The minimum atomic E-state index is -0.498. The Morgan fingerprint density at radius 3 is 2.76 bits per heavy atom. The first kappa shape index (κ1) is 20.6. The lowest BCUT2D eigenvalue weighted by molar-refractivity contribution is -0.112. The maximum atomic E-state index is 12.7. The monoisotopic (exact) mass is 405 g/mol. The molecule has 1 aromatic heterocycles. The Labute approximate surface area is 175 Å². The number of nitriles is 2. The van der Waals surface area contributed by atoms with E-state index in [2.05, 4.69) is 18.3 Å². The number of anilines is 1. The highest BCUT2D eigenvalue weighted by atomic mass is 32.1. The fourth-order valence-electron chi connectivity index (χ4n) is 3.32. The minimum Gasteiger partial charge on any atom is -0.494 e. The molecule has 1 N–H and O–H groups in total. The molecule has 0 fully saturated rings. The van der Waals surface area contributed by atoms with Gasteiger partial charge in [0.2, 0.25) is 0 Å². The number of benzene rings is 1. The Bertz CT molecular complexity index is 1010. The molecule has 0 saturated heterocycles. The molecule has 1 heterocycles. The van der Waals surface area contributed by atoms with Crippen molar-refractivity contribution in [3.63, 3.8) is 0 Å². The Hall–Kier alpha value is -3.09. The highest BCUT2D eigenvalue weighted by molar-refractivity contribution is 7.16. The molecule has 1 unspecified atom stereocenters. The number of fused-ring (bicyclic) bond motifs is 1. The van der Waals surface area contributed by atoms with Gasteiger partial charge in [0.1, 0.15) is 28.5 Å². The summed E-state index contributed by atoms with van der Waals surface area (Å²) in [6, 6.07) is 11.4. The lowest BCUT2D eigenvalue weighted by Gasteiger charge is -2.17. The van der Waals surface area contributed by atoms with Gasteiger partial charge in [-0.05, 0) is 60.9 Å². The number of carbonyl (C=O) groups excluding carboxylic acids is 1. The number of nitrogens with one attached hydrogen (secondary N) is 1. The second kappa shape index (κ2) is 9.41. The van der Waals surface area contributed by atoms with Crippen molar-refractivity contribution < 1.29 is 9.53 Å². The molecule has 0 bridgehead atoms. The summed E-state index contributed by atoms with van der Waals surface area (Å²) in [5.41, 5.74) is 2.33. The average Bonchev–Trinajstić information content (AvgIpc) is 3.06. The Morgan fingerprint density at radius 2 is 2.10 bits per heavy atom. The van der Waals surface area contributed by atoms with Gasteiger partial charge in [0.15, 0.2) is 0 Å². The van der Waals surface area contributed by atoms with Crippen LogP contribution >= 0.6 is 11.3 Å². The zero-order valence-corrected chi connectivity index (χ0v) is 17.4. The molecule has 2 aromatic rings. The number of hydrogen-bond acceptors (Lipinski definition) is 5. The van der Waals surface area contributed by atoms with Crippen LogP contribution < -0.4 is 10.1 Å². The first-order valence-electron chi connectivity index (χ1n) is 9.76. The first-order chi connectivity index (χ1) is 14.0. The van der Waals surface area contributed by atoms with Crippen LogP contribution in [0, 0.1) is 28.6 Å². The highest BCUT2D eigenvalue weighted by Crippen LogP contribution is 2.39. The number of rotatable bonds is 6. The van der Waals surface area contributed by atoms with E-state index in [4.69, 9.17) is 4.74 Å². The van der Waals surface area contributed by atoms with Crippen molar-refractivity contribution in [1.82, 2.24) is 0 Å². The second-order valence-electron chi connectivity index (χ2n) is 7.21. The largest absolute Gasteiger partial charge is 0.494 e. The van der Waals surface area contributed by atoms with Crippen LogP contribution in [0.3, 0.4) is 0 Å². The van der Waals surface area contributed by atoms with Crippen LogP contribution in [-0.4, -0.2) is 12.5 Å². The van der Waals surface area contributed by atoms with Gasteiger partial charge in [-0.15, -0.1) is 11.3 Å². The summed E-state index contributed by atoms with van der Waals surface area (Å²) >= 11 is 1.45. The standard InChI is InChI=1S/C23H23N3O2S/c1-3-10-28-18-7-5-16(6-8-18)12-17(13-24)22(27)26-23-20(14-25)19-9-4-15(2)11-21(19)29-23/h5-8,12,15H,3-4,9-11H2,1-2H3,(H,26,27). The van der Waals surface area contributed by atoms with Crippen LogP contribution in [0.2, 0.25) is 0 Å². The van der Waals surface area contributed by atoms with Crippen LogP contribution in [0.4, 0.5) is 5.00 Å². The molecule has 29 heavy (non-hydrogen) atoms. The molecule has 0 aliphatic heterocycles. The van der Waals surface area contributed by atoms with Gasteiger partial charge in [-0.3, -0.25) is 4.79 Å². The molecule has 6 heteroatoms. The summed E-state index contributed by atoms with van der Waals surface area (Å²) < 4.78 is 5.55. The van der Waals surface area contributed by atoms with E-state index >= 15 is 0 Å². The Morgan fingerprint density at radius 1 is 1.34 bits per heavy atom. The molecule has 148 valence electrons. The second-order valence-corrected chi connectivity index (χ2v) is 8.31. The first-order valence-corrected chi connectivity index (χ1v) is 10.6. The van der Waals surface area contributed by atoms with Crippen LogP contribution in [0.15, 0.2) is 29.8 Å². The molecule has 1 aromatic carbocycles. The van der Waals surface area contributed by atoms with Gasteiger partial charge in [0, 0.05) is 4.88 Å². The third-order valence-electron chi connectivity index (χ3n) is 4.88. The van der Waals surface area contributed by atoms with Gasteiger partial charge < -0.3 is 10.1 Å². The van der Waals surface area contributed by atoms with Crippen molar-refractivity contribution in [1.29, 1.82) is 10.5 Å². The number of thiophene rings is 1. The van der Waals surface area contributed by atoms with Crippen molar-refractivity contribution in [2.75, 3.05) is 11.9 Å². The van der Waals surface area contributed by atoms with E-state index in [0.29, 0.717) is 23.1 Å². The van der Waals surface area contributed by atoms with Crippen LogP contribution in [0.1, 0.15) is 48.3 Å². The van der Waals surface area contributed by atoms with Crippen LogP contribution in [-0.2, 0) is 17.6 Å². The lowest BCUT2D eigenvalue weighted by atomic mass is 9.88. The Balaban J connectivity index is 1.78. The fraction of sp³-hybridized carbons (Fsp3) is 0.348. The number of amides is 1. The number of ether oxygens (including phenoxy) is 1. The third-order valence-corrected chi connectivity index (χ3v) is 6.05. The average molecular weight is 406 g/mol. The minimum absolute atomic E-state index is 0.00384. The maximum Gasteiger partial charge on any atom is 0.266 e. The predicted molar refractivity (Wildman–Crippen MR) is 115 cm³/mol. The summed E-state index contributed by atoms with van der Waals surface area (Å²) in [5, 5.41) is 22.4. The molecule has 5 nitrogen and oxygen atoms in total. The van der Waals surface area contributed by atoms with Crippen LogP contribution in [0.5, 0.6) is 5.75 Å². The zero-order chi connectivity index (χ0) is 20.8. The van der Waals surface area contributed by atoms with E-state index in [1.807, 2.05) is 37.3 Å². The third kappa shape index (κ3) is 4.85. The van der Waals surface area contributed by atoms with Crippen molar-refractivity contribution in [3.8, 4) is 17.9 Å². The molecular weight excluding hydrogens is 382 g/mol. The van der Waals surface area contributed by atoms with Gasteiger partial charge >= 0.3 is 0 Å². The van der Waals surface area contributed by atoms with E-state index in [0.717, 1.165) is 42.6 Å². The zero-order valence-electron chi connectivity index (χ0n) is 16.6. The summed E-state index contributed by atoms with van der Waals surface area (Å²) in [5.74, 6) is 0.834. The van der Waals surface area contributed by atoms with Crippen molar-refractivity contribution in [2.24, 2.45) is 5.92 Å². The van der Waals surface area contributed by atoms with E-state index < -0.39 is 5.91 Å². The smallest absolute Gasteiger partial charge is 0.266 e. The normalized spacial score (nSPS) is 15.7. The van der Waals surface area contributed by atoms with Gasteiger partial charge in [-0.25, -0.2) is 0 Å². The molecule has 1 aliphatic rings. The molecule has 1 aliphatic carbocycles. The summed E-state index contributed by atoms with van der Waals surface area (Å²) in [6.45, 7) is 4.88. The maximum absolute atomic E-state index is 12.7. The summed E-state index contributed by atoms with van der Waals surface area (Å²) in [7, 11) is 0. The van der Waals surface area contributed by atoms with E-state index in [1.165, 1.54) is 16.2 Å². The highest BCUT2D eigenvalue weighted by Gasteiger charge is 2.25. The van der Waals surface area contributed by atoms with Crippen molar-refractivity contribution in [2.45, 2.75) is 39.5 Å². The van der Waals surface area contributed by atoms with E-state index in [-0.39, 0.29) is 5.57 Å². The van der Waals surface area contributed by atoms with E-state index in [9.17, 15) is 15.3 Å². The Kier molecular flexibility index (Phi) is 6.69. The van der Waals surface area contributed by atoms with Crippen LogP contribution in [0.25, 0.3) is 6.08 Å². The van der Waals surface area contributed by atoms with E-state index in [1.54, 1.807) is 6.08 Å². The predicted octanol–water partition coefficient (Wildman–Crippen LogP) is 5.08. The molecule has 1 atom stereocenters. The number of nitrogens with zero attached hydrogens (tertiary/aromatic N) is 2. The molecule has 0 saturated carbocycles. The topological polar surface area (TPSA) is 85.9 Å². The summed E-state index contributed by atoms with van der Waals surface area (Å²) in [6.07, 6.45) is 5.31. The lowest BCUT2D eigenvalue weighted by Crippen LogP contribution is -2.13. The summed E-state index contributed by atoms with van der Waals surface area (Å²) in [4.78, 5) is 13.8. The van der Waals surface area contributed by atoms with Crippen molar-refractivity contribution in [3.05, 3.63) is 51.4 Å². The van der Waals surface area contributed by atoms with Gasteiger partial charge in [0.05, 0.1) is 12.2 Å². The molecule has 1 amide bonds. The fourth-order valence-corrected chi connectivity index (χ4v) is 4.68. The number of hydrogen-bond donors (Lipinski definition) is 1. The van der Waals surface area contributed by atoms with Gasteiger partial charge in [-0.1, -0.05) is 26.0 Å². The van der Waals surface area contributed by atoms with Crippen molar-refractivity contribution >= 4 is 28.3 Å². The SMILES string of the molecule is CCCOc1ccc(C=C(C#N)C(=O)Nc2sc3c(c2C#N)CCC(C)C3)cc1. The van der Waals surface area contributed by atoms with Gasteiger partial charge in [0.25, 0.3) is 5.91 Å². The van der Waals surface area contributed by atoms with Gasteiger partial charge in [-0.2, -0.15) is 10.5 Å².